The van der Waals surface area contributed by atoms with Crippen LogP contribution in [0.2, 0.25) is 0 Å². The molecule has 1 atom stereocenters. The number of piperidine rings is 1. The average molecular weight is 428 g/mol. The molecule has 3 aromatic heterocycles. The van der Waals surface area contributed by atoms with Crippen LogP contribution in [0.1, 0.15) is 43.2 Å². The molecule has 1 aliphatic heterocycles. The number of hydrogen-bond donors (Lipinski definition) is 2. The Morgan fingerprint density at radius 1 is 1.00 bits per heavy atom. The van der Waals surface area contributed by atoms with E-state index in [1.54, 1.807) is 6.20 Å². The fourth-order valence-electron chi connectivity index (χ4n) is 4.42. The van der Waals surface area contributed by atoms with E-state index < -0.39 is 0 Å². The predicted octanol–water partition coefficient (Wildman–Crippen LogP) is 4.06. The molecule has 3 N–H and O–H groups in total. The number of benzene rings is 1. The molecule has 0 radical (unpaired) electrons. The Balaban J connectivity index is 1.30. The SMILES string of the molecule is Nc1ncnc2c1c(-c1ccc(Oc3ccc(C4CC4)cc3)nc1)nn2[C@@H]1CCCNC1. The highest BCUT2D eigenvalue weighted by molar-refractivity contribution is 5.98. The summed E-state index contributed by atoms with van der Waals surface area (Å²) in [5.74, 6) is 2.48. The van der Waals surface area contributed by atoms with Crippen LogP contribution >= 0.6 is 0 Å². The normalized spacial score (nSPS) is 18.7. The molecule has 0 bridgehead atoms. The van der Waals surface area contributed by atoms with Gasteiger partial charge in [-0.1, -0.05) is 12.1 Å². The first kappa shape index (κ1) is 19.2. The lowest BCUT2D eigenvalue weighted by Crippen LogP contribution is -2.32. The zero-order valence-corrected chi connectivity index (χ0v) is 17.7. The van der Waals surface area contributed by atoms with Gasteiger partial charge in [0.15, 0.2) is 5.65 Å². The van der Waals surface area contributed by atoms with Crippen LogP contribution in [-0.4, -0.2) is 37.8 Å². The average Bonchev–Trinajstić information content (AvgIpc) is 3.61. The fraction of sp³-hybridized carbons (Fsp3) is 0.333. The molecule has 162 valence electrons. The van der Waals surface area contributed by atoms with Crippen LogP contribution in [0.3, 0.4) is 0 Å². The lowest BCUT2D eigenvalue weighted by atomic mass is 10.1. The summed E-state index contributed by atoms with van der Waals surface area (Å²) in [4.78, 5) is 13.2. The predicted molar refractivity (Wildman–Crippen MR) is 123 cm³/mol. The van der Waals surface area contributed by atoms with Gasteiger partial charge < -0.3 is 15.8 Å². The molecule has 1 aromatic carbocycles. The molecule has 8 heteroatoms. The Morgan fingerprint density at radius 3 is 2.59 bits per heavy atom. The highest BCUT2D eigenvalue weighted by Crippen LogP contribution is 2.40. The zero-order chi connectivity index (χ0) is 21.5. The van der Waals surface area contributed by atoms with Crippen molar-refractivity contribution in [3.05, 3.63) is 54.5 Å². The summed E-state index contributed by atoms with van der Waals surface area (Å²) in [6.45, 7) is 1.90. The van der Waals surface area contributed by atoms with Crippen molar-refractivity contribution in [3.8, 4) is 22.9 Å². The summed E-state index contributed by atoms with van der Waals surface area (Å²) in [7, 11) is 0. The number of hydrogen-bond acceptors (Lipinski definition) is 7. The largest absolute Gasteiger partial charge is 0.439 e. The molecular formula is C24H25N7O. The summed E-state index contributed by atoms with van der Waals surface area (Å²) in [6, 6.07) is 12.4. The Morgan fingerprint density at radius 2 is 1.88 bits per heavy atom. The van der Waals surface area contributed by atoms with Crippen LogP contribution in [0.15, 0.2) is 48.9 Å². The number of anilines is 1. The van der Waals surface area contributed by atoms with Gasteiger partial charge in [-0.3, -0.25) is 0 Å². The van der Waals surface area contributed by atoms with Gasteiger partial charge >= 0.3 is 0 Å². The lowest BCUT2D eigenvalue weighted by molar-refractivity contribution is 0.354. The van der Waals surface area contributed by atoms with E-state index in [1.165, 1.54) is 24.7 Å². The van der Waals surface area contributed by atoms with Crippen molar-refractivity contribution < 1.29 is 4.74 Å². The van der Waals surface area contributed by atoms with Crippen molar-refractivity contribution in [1.29, 1.82) is 0 Å². The van der Waals surface area contributed by atoms with Gasteiger partial charge in [-0.25, -0.2) is 19.6 Å². The Hall–Kier alpha value is -3.52. The molecule has 1 aliphatic carbocycles. The van der Waals surface area contributed by atoms with Gasteiger partial charge in [0.05, 0.1) is 11.4 Å². The third-order valence-electron chi connectivity index (χ3n) is 6.30. The molecule has 32 heavy (non-hydrogen) atoms. The second-order valence-corrected chi connectivity index (χ2v) is 8.58. The molecule has 1 saturated carbocycles. The quantitative estimate of drug-likeness (QED) is 0.495. The monoisotopic (exact) mass is 427 g/mol. The van der Waals surface area contributed by atoms with Gasteiger partial charge in [-0.15, -0.1) is 0 Å². The topological polar surface area (TPSA) is 104 Å². The van der Waals surface area contributed by atoms with E-state index in [1.807, 2.05) is 28.9 Å². The number of rotatable bonds is 5. The number of fused-ring (bicyclic) bond motifs is 1. The summed E-state index contributed by atoms with van der Waals surface area (Å²) in [5.41, 5.74) is 9.99. The standard InChI is InChI=1S/C24H25N7O/c25-23-21-22(30-31(24(21)29-14-28-23)18-2-1-11-26-13-18)17-7-10-20(27-12-17)32-19-8-5-16(6-9-19)15-3-4-15/h5-10,12,14-15,18,26H,1-4,11,13H2,(H2,25,28,29)/t18-/m1/s1. The van der Waals surface area contributed by atoms with Gasteiger partial charge in [-0.2, -0.15) is 5.10 Å². The van der Waals surface area contributed by atoms with E-state index >= 15 is 0 Å². The molecule has 0 unspecified atom stereocenters. The van der Waals surface area contributed by atoms with E-state index in [-0.39, 0.29) is 6.04 Å². The molecule has 8 nitrogen and oxygen atoms in total. The maximum Gasteiger partial charge on any atom is 0.219 e. The summed E-state index contributed by atoms with van der Waals surface area (Å²) >= 11 is 0. The zero-order valence-electron chi connectivity index (χ0n) is 17.7. The maximum absolute atomic E-state index is 6.24. The van der Waals surface area contributed by atoms with Gasteiger partial charge in [-0.05, 0) is 61.9 Å². The summed E-state index contributed by atoms with van der Waals surface area (Å²) in [5, 5.41) is 9.11. The van der Waals surface area contributed by atoms with E-state index in [9.17, 15) is 0 Å². The summed E-state index contributed by atoms with van der Waals surface area (Å²) in [6.07, 6.45) is 8.01. The second-order valence-electron chi connectivity index (χ2n) is 8.58. The third-order valence-corrected chi connectivity index (χ3v) is 6.30. The van der Waals surface area contributed by atoms with Crippen molar-refractivity contribution in [3.63, 3.8) is 0 Å². The van der Waals surface area contributed by atoms with Crippen molar-refractivity contribution in [2.24, 2.45) is 0 Å². The second kappa shape index (κ2) is 7.87. The minimum absolute atomic E-state index is 0.239. The molecule has 2 fully saturated rings. The molecular weight excluding hydrogens is 402 g/mol. The van der Waals surface area contributed by atoms with E-state index in [4.69, 9.17) is 15.6 Å². The van der Waals surface area contributed by atoms with Crippen LogP contribution in [-0.2, 0) is 0 Å². The molecule has 0 spiro atoms. The minimum atomic E-state index is 0.239. The fourth-order valence-corrected chi connectivity index (χ4v) is 4.42. The Kier molecular flexibility index (Phi) is 4.72. The molecule has 2 aliphatic rings. The first-order chi connectivity index (χ1) is 15.8. The van der Waals surface area contributed by atoms with Gasteiger partial charge in [0, 0.05) is 24.4 Å². The van der Waals surface area contributed by atoms with Gasteiger partial charge in [0.1, 0.15) is 23.6 Å². The number of nitrogen functional groups attached to an aromatic ring is 1. The molecule has 4 aromatic rings. The van der Waals surface area contributed by atoms with Gasteiger partial charge in [0.2, 0.25) is 5.88 Å². The Labute approximate surface area is 185 Å². The van der Waals surface area contributed by atoms with Crippen molar-refractivity contribution >= 4 is 16.9 Å². The lowest BCUT2D eigenvalue weighted by Gasteiger charge is -2.23. The van der Waals surface area contributed by atoms with Crippen molar-refractivity contribution in [2.45, 2.75) is 37.6 Å². The number of nitrogens with zero attached hydrogens (tertiary/aromatic N) is 5. The van der Waals surface area contributed by atoms with Crippen LogP contribution in [0.5, 0.6) is 11.6 Å². The van der Waals surface area contributed by atoms with E-state index in [0.29, 0.717) is 11.7 Å². The van der Waals surface area contributed by atoms with E-state index in [0.717, 1.165) is 59.9 Å². The molecule has 4 heterocycles. The number of pyridine rings is 1. The third kappa shape index (κ3) is 3.56. The maximum atomic E-state index is 6.24. The highest BCUT2D eigenvalue weighted by atomic mass is 16.5. The van der Waals surface area contributed by atoms with Crippen molar-refractivity contribution in [1.82, 2.24) is 30.0 Å². The van der Waals surface area contributed by atoms with Gasteiger partial charge in [0.25, 0.3) is 0 Å². The molecule has 6 rings (SSSR count). The van der Waals surface area contributed by atoms with E-state index in [2.05, 4.69) is 32.4 Å². The van der Waals surface area contributed by atoms with Crippen molar-refractivity contribution in [2.75, 3.05) is 18.8 Å². The first-order valence-corrected chi connectivity index (χ1v) is 11.2. The first-order valence-electron chi connectivity index (χ1n) is 11.2. The number of ether oxygens (including phenoxy) is 1. The summed E-state index contributed by atoms with van der Waals surface area (Å²) < 4.78 is 7.93. The number of nitrogens with two attached hydrogens (primary N) is 1. The smallest absolute Gasteiger partial charge is 0.219 e. The van der Waals surface area contributed by atoms with Crippen LogP contribution in [0.25, 0.3) is 22.3 Å². The highest BCUT2D eigenvalue weighted by Gasteiger charge is 2.24. The van der Waals surface area contributed by atoms with Crippen LogP contribution in [0, 0.1) is 0 Å². The van der Waals surface area contributed by atoms with Crippen LogP contribution in [0.4, 0.5) is 5.82 Å². The minimum Gasteiger partial charge on any atom is -0.439 e. The number of aromatic nitrogens is 5. The molecule has 1 saturated heterocycles. The Bertz CT molecular complexity index is 1240. The number of nitrogens with one attached hydrogen (secondary N) is 1. The van der Waals surface area contributed by atoms with Crippen LogP contribution < -0.4 is 15.8 Å². The molecule has 0 amide bonds.